The Morgan fingerprint density at radius 2 is 2.14 bits per heavy atom. The van der Waals surface area contributed by atoms with Crippen LogP contribution >= 0.6 is 0 Å². The molecule has 0 aromatic heterocycles. The number of hydrogen-bond donors (Lipinski definition) is 2. The molecule has 0 atom stereocenters. The molecule has 4 nitrogen and oxygen atoms in total. The Labute approximate surface area is 61.3 Å². The smallest absolute Gasteiger partial charge is 0.338 e. The molecule has 4 N–H and O–H groups in total. The number of carbonyl (C=O) groups excluding carboxylic acids is 1. The largest absolute Gasteiger partial charge is 0.372 e. The summed E-state index contributed by atoms with van der Waals surface area (Å²) in [6.45, 7) is -0.156. The zero-order valence-electron chi connectivity index (χ0n) is 3.89. The van der Waals surface area contributed by atoms with Gasteiger partial charge < -0.3 is 10.6 Å². The van der Waals surface area contributed by atoms with E-state index >= 15 is 0 Å². The van der Waals surface area contributed by atoms with Gasteiger partial charge in [-0.15, -0.1) is 0 Å². The average molecular weight is 202 g/mol. The van der Waals surface area contributed by atoms with Crippen LogP contribution in [0.2, 0.25) is 0 Å². The summed E-state index contributed by atoms with van der Waals surface area (Å²) >= 11 is 0. The molecule has 0 radical (unpaired) electrons. The fraction of sp³-hybridized carbons (Fsp3) is 0.500. The second-order valence-corrected chi connectivity index (χ2v) is 0.694. The van der Waals surface area contributed by atoms with Gasteiger partial charge in [0.2, 0.25) is 0 Å². The van der Waals surface area contributed by atoms with Gasteiger partial charge >= 0.3 is 5.97 Å². The SMILES string of the molecule is NCC(=O)ON.[Cd]. The number of carbonyl (C=O) groups is 1. The molecule has 0 bridgehead atoms. The van der Waals surface area contributed by atoms with Crippen LogP contribution in [0.25, 0.3) is 0 Å². The summed E-state index contributed by atoms with van der Waals surface area (Å²) in [6.07, 6.45) is 0. The van der Waals surface area contributed by atoms with Crippen molar-refractivity contribution in [3.8, 4) is 0 Å². The van der Waals surface area contributed by atoms with Crippen LogP contribution in [0.4, 0.5) is 0 Å². The van der Waals surface area contributed by atoms with Crippen molar-refractivity contribution in [2.75, 3.05) is 6.54 Å². The summed E-state index contributed by atoms with van der Waals surface area (Å²) in [5.41, 5.74) is 4.73. The van der Waals surface area contributed by atoms with Crippen LogP contribution in [0.1, 0.15) is 0 Å². The molecule has 0 amide bonds. The number of nitrogens with two attached hydrogens (primary N) is 2. The van der Waals surface area contributed by atoms with Crippen LogP contribution in [-0.4, -0.2) is 12.5 Å². The van der Waals surface area contributed by atoms with E-state index in [1.54, 1.807) is 0 Å². The molecule has 0 aliphatic rings. The molecule has 0 unspecified atom stereocenters. The predicted molar refractivity (Wildman–Crippen MR) is 19.3 cm³/mol. The first-order valence-electron chi connectivity index (χ1n) is 1.41. The summed E-state index contributed by atoms with van der Waals surface area (Å²) in [6, 6.07) is 0. The second kappa shape index (κ2) is 6.31. The monoisotopic (exact) mass is 204 g/mol. The van der Waals surface area contributed by atoms with Crippen molar-refractivity contribution in [2.45, 2.75) is 0 Å². The molecule has 0 heterocycles. The fourth-order valence-corrected chi connectivity index (χ4v) is 0.0481. The molecule has 0 saturated heterocycles. The van der Waals surface area contributed by atoms with Crippen molar-refractivity contribution in [2.24, 2.45) is 11.6 Å². The van der Waals surface area contributed by atoms with Gasteiger partial charge in [-0.1, -0.05) is 0 Å². The Kier molecular flexibility index (Phi) is 9.31. The molecule has 7 heavy (non-hydrogen) atoms. The van der Waals surface area contributed by atoms with E-state index in [0.29, 0.717) is 0 Å². The summed E-state index contributed by atoms with van der Waals surface area (Å²) in [5, 5.41) is 0. The van der Waals surface area contributed by atoms with Crippen molar-refractivity contribution in [1.82, 2.24) is 0 Å². The van der Waals surface area contributed by atoms with Crippen molar-refractivity contribution in [3.63, 3.8) is 0 Å². The van der Waals surface area contributed by atoms with E-state index in [2.05, 4.69) is 10.7 Å². The minimum atomic E-state index is -0.602. The minimum Gasteiger partial charge on any atom is -0.372 e. The van der Waals surface area contributed by atoms with Crippen LogP contribution < -0.4 is 11.6 Å². The first-order chi connectivity index (χ1) is 2.81. The fourth-order valence-electron chi connectivity index (χ4n) is 0.0481. The predicted octanol–water partition coefficient (Wildman–Crippen LogP) is -1.64. The first-order valence-corrected chi connectivity index (χ1v) is 1.41. The maximum atomic E-state index is 9.71. The molecule has 0 rings (SSSR count). The molecule has 0 aromatic carbocycles. The quantitative estimate of drug-likeness (QED) is 0.395. The van der Waals surface area contributed by atoms with E-state index in [1.165, 1.54) is 0 Å². The molecule has 38 valence electrons. The van der Waals surface area contributed by atoms with Gasteiger partial charge in [-0.3, -0.25) is 0 Å². The van der Waals surface area contributed by atoms with E-state index < -0.39 is 5.97 Å². The summed E-state index contributed by atoms with van der Waals surface area (Å²) < 4.78 is 0. The Hall–Kier alpha value is 0.312. The average Bonchev–Trinajstić information content (AvgIpc) is 1.65. The van der Waals surface area contributed by atoms with Gasteiger partial charge in [0.05, 0.1) is 6.54 Å². The Balaban J connectivity index is 0. The molecular weight excluding hydrogens is 196 g/mol. The number of hydrogen-bond acceptors (Lipinski definition) is 4. The molecule has 0 saturated carbocycles. The van der Waals surface area contributed by atoms with E-state index in [4.69, 9.17) is 5.73 Å². The van der Waals surface area contributed by atoms with Crippen molar-refractivity contribution < 1.29 is 36.9 Å². The van der Waals surface area contributed by atoms with Gasteiger partial charge in [-0.2, -0.15) is 5.90 Å². The maximum Gasteiger partial charge on any atom is 0.338 e. The Morgan fingerprint density at radius 1 is 1.71 bits per heavy atom. The van der Waals surface area contributed by atoms with Crippen LogP contribution in [0, 0.1) is 0 Å². The first kappa shape index (κ1) is 10.3. The third kappa shape index (κ3) is 6.31. The molecule has 0 aliphatic heterocycles. The second-order valence-electron chi connectivity index (χ2n) is 0.694. The molecule has 0 aromatic rings. The third-order valence-electron chi connectivity index (χ3n) is 0.298. The van der Waals surface area contributed by atoms with Crippen molar-refractivity contribution in [3.05, 3.63) is 0 Å². The van der Waals surface area contributed by atoms with Gasteiger partial charge in [-0.05, 0) is 0 Å². The van der Waals surface area contributed by atoms with E-state index in [0.717, 1.165) is 0 Å². The van der Waals surface area contributed by atoms with E-state index in [9.17, 15) is 4.79 Å². The van der Waals surface area contributed by atoms with Gasteiger partial charge in [-0.25, -0.2) is 4.79 Å². The summed E-state index contributed by atoms with van der Waals surface area (Å²) in [5.74, 6) is 3.75. The normalized spacial score (nSPS) is 6.57. The van der Waals surface area contributed by atoms with Crippen LogP contribution in [0.3, 0.4) is 0 Å². The summed E-state index contributed by atoms with van der Waals surface area (Å²) in [4.78, 5) is 13.3. The van der Waals surface area contributed by atoms with Gasteiger partial charge in [0.15, 0.2) is 0 Å². The molecule has 0 aliphatic carbocycles. The zero-order valence-corrected chi connectivity index (χ0v) is 7.92. The summed E-state index contributed by atoms with van der Waals surface area (Å²) in [7, 11) is 0. The molecule has 5 heteroatoms. The van der Waals surface area contributed by atoms with Crippen LogP contribution in [0.15, 0.2) is 0 Å². The topological polar surface area (TPSA) is 78.3 Å². The van der Waals surface area contributed by atoms with Gasteiger partial charge in [0.1, 0.15) is 0 Å². The zero-order chi connectivity index (χ0) is 4.99. The van der Waals surface area contributed by atoms with Crippen molar-refractivity contribution >= 4 is 5.97 Å². The standard InChI is InChI=1S/C2H6N2O2.Cd/c3-1-2(5)6-4;/h1,3-4H2;. The molecular formula is C2H6CdN2O2. The Bertz CT molecular complexity index is 51.7. The molecule has 0 spiro atoms. The van der Waals surface area contributed by atoms with Gasteiger partial charge in [0, 0.05) is 27.3 Å². The maximum absolute atomic E-state index is 9.71. The van der Waals surface area contributed by atoms with E-state index in [-0.39, 0.29) is 33.8 Å². The van der Waals surface area contributed by atoms with Gasteiger partial charge in [0.25, 0.3) is 0 Å². The number of rotatable bonds is 1. The minimum absolute atomic E-state index is 0. The van der Waals surface area contributed by atoms with Crippen LogP contribution in [-0.2, 0) is 36.9 Å². The third-order valence-corrected chi connectivity index (χ3v) is 0.298. The Morgan fingerprint density at radius 3 is 2.14 bits per heavy atom. The van der Waals surface area contributed by atoms with Crippen molar-refractivity contribution in [1.29, 1.82) is 0 Å². The van der Waals surface area contributed by atoms with Crippen LogP contribution in [0.5, 0.6) is 0 Å². The molecule has 0 fully saturated rings. The van der Waals surface area contributed by atoms with E-state index in [1.807, 2.05) is 0 Å².